The summed E-state index contributed by atoms with van der Waals surface area (Å²) in [5, 5.41) is 7.54. The first-order valence-corrected chi connectivity index (χ1v) is 7.07. The summed E-state index contributed by atoms with van der Waals surface area (Å²) in [6.07, 6.45) is 6.85. The van der Waals surface area contributed by atoms with Crippen molar-refractivity contribution >= 4 is 23.8 Å². The van der Waals surface area contributed by atoms with Crippen LogP contribution in [0.25, 0.3) is 12.2 Å². The molecule has 0 saturated heterocycles. The standard InChI is InChI=1S/C18H16F2N4/c19-15-7-1-13(2-8-15)5-11-17(23-24-18(21)22)12-6-14-3-9-16(20)10-4-14/h1-12H,(H4,21,22,24)/b11-5+,12-6+. The SMILES string of the molecule is NC(N)=NN=C(/C=C/c1ccc(F)cc1)/C=C/c1ccc(F)cc1. The summed E-state index contributed by atoms with van der Waals surface area (Å²) < 4.78 is 25.8. The minimum absolute atomic E-state index is 0.169. The second kappa shape index (κ2) is 8.38. The number of nitrogens with zero attached hydrogens (tertiary/aromatic N) is 2. The molecular formula is C18H16F2N4. The first-order valence-electron chi connectivity index (χ1n) is 7.07. The van der Waals surface area contributed by atoms with Gasteiger partial charge in [-0.25, -0.2) is 8.78 Å². The second-order valence-corrected chi connectivity index (χ2v) is 4.82. The van der Waals surface area contributed by atoms with Gasteiger partial charge in [0, 0.05) is 0 Å². The van der Waals surface area contributed by atoms with Crippen LogP contribution in [0, 0.1) is 11.6 Å². The summed E-state index contributed by atoms with van der Waals surface area (Å²) in [6, 6.07) is 12.0. The summed E-state index contributed by atoms with van der Waals surface area (Å²) in [7, 11) is 0. The molecule has 0 amide bonds. The number of benzene rings is 2. The molecule has 6 heteroatoms. The van der Waals surface area contributed by atoms with Gasteiger partial charge in [-0.05, 0) is 47.5 Å². The van der Waals surface area contributed by atoms with Crippen LogP contribution in [0.1, 0.15) is 11.1 Å². The van der Waals surface area contributed by atoms with Gasteiger partial charge in [0.15, 0.2) is 0 Å². The smallest absolute Gasteiger partial charge is 0.211 e. The minimum Gasteiger partial charge on any atom is -0.369 e. The van der Waals surface area contributed by atoms with E-state index in [9.17, 15) is 8.78 Å². The maximum atomic E-state index is 12.9. The van der Waals surface area contributed by atoms with E-state index in [4.69, 9.17) is 11.5 Å². The Morgan fingerprint density at radius 1 is 0.708 bits per heavy atom. The highest BCUT2D eigenvalue weighted by atomic mass is 19.1. The van der Waals surface area contributed by atoms with E-state index in [2.05, 4.69) is 10.2 Å². The fourth-order valence-corrected chi connectivity index (χ4v) is 1.75. The van der Waals surface area contributed by atoms with Gasteiger partial charge in [0.05, 0.1) is 5.71 Å². The van der Waals surface area contributed by atoms with Crippen LogP contribution in [0.2, 0.25) is 0 Å². The molecule has 2 rings (SSSR count). The predicted octanol–water partition coefficient (Wildman–Crippen LogP) is 3.32. The lowest BCUT2D eigenvalue weighted by Gasteiger charge is -1.96. The monoisotopic (exact) mass is 326 g/mol. The van der Waals surface area contributed by atoms with Crippen LogP contribution >= 0.6 is 0 Å². The molecule has 0 fully saturated rings. The lowest BCUT2D eigenvalue weighted by molar-refractivity contribution is 0.627. The van der Waals surface area contributed by atoms with Crippen LogP contribution in [-0.4, -0.2) is 11.7 Å². The van der Waals surface area contributed by atoms with Crippen molar-refractivity contribution < 1.29 is 8.78 Å². The van der Waals surface area contributed by atoms with Crippen molar-refractivity contribution in [2.24, 2.45) is 21.7 Å². The predicted molar refractivity (Wildman–Crippen MR) is 94.1 cm³/mol. The van der Waals surface area contributed by atoms with Crippen molar-refractivity contribution in [3.63, 3.8) is 0 Å². The lowest BCUT2D eigenvalue weighted by Crippen LogP contribution is -2.22. The zero-order valence-electron chi connectivity index (χ0n) is 12.7. The Balaban J connectivity index is 2.21. The van der Waals surface area contributed by atoms with Gasteiger partial charge in [0.1, 0.15) is 11.6 Å². The van der Waals surface area contributed by atoms with E-state index in [-0.39, 0.29) is 17.6 Å². The van der Waals surface area contributed by atoms with Crippen LogP contribution < -0.4 is 11.5 Å². The Labute approximate surface area is 138 Å². The van der Waals surface area contributed by atoms with Gasteiger partial charge in [-0.15, -0.1) is 10.2 Å². The maximum absolute atomic E-state index is 12.9. The van der Waals surface area contributed by atoms with Crippen LogP contribution in [0.15, 0.2) is 70.9 Å². The molecule has 2 aromatic carbocycles. The van der Waals surface area contributed by atoms with Gasteiger partial charge in [-0.1, -0.05) is 36.4 Å². The van der Waals surface area contributed by atoms with Crippen molar-refractivity contribution in [3.8, 4) is 0 Å². The van der Waals surface area contributed by atoms with Gasteiger partial charge < -0.3 is 11.5 Å². The third kappa shape index (κ3) is 5.84. The maximum Gasteiger partial charge on any atom is 0.211 e. The molecule has 0 saturated carbocycles. The fourth-order valence-electron chi connectivity index (χ4n) is 1.75. The molecule has 0 spiro atoms. The van der Waals surface area contributed by atoms with Crippen molar-refractivity contribution in [3.05, 3.63) is 83.4 Å². The Bertz CT molecular complexity index is 727. The highest BCUT2D eigenvalue weighted by molar-refractivity contribution is 6.08. The average Bonchev–Trinajstić information content (AvgIpc) is 2.57. The van der Waals surface area contributed by atoms with Crippen LogP contribution in [0.5, 0.6) is 0 Å². The molecule has 4 N–H and O–H groups in total. The molecule has 0 heterocycles. The topological polar surface area (TPSA) is 76.8 Å². The van der Waals surface area contributed by atoms with Gasteiger partial charge in [0.25, 0.3) is 0 Å². The molecule has 2 aromatic rings. The summed E-state index contributed by atoms with van der Waals surface area (Å²) in [5.74, 6) is -0.784. The molecule has 0 aliphatic rings. The molecule has 0 unspecified atom stereocenters. The molecule has 0 atom stereocenters. The Morgan fingerprint density at radius 2 is 1.12 bits per heavy atom. The number of allylic oxidation sites excluding steroid dienone is 2. The van der Waals surface area contributed by atoms with Crippen molar-refractivity contribution in [2.45, 2.75) is 0 Å². The third-order valence-corrected chi connectivity index (χ3v) is 2.91. The highest BCUT2D eigenvalue weighted by Gasteiger charge is 1.94. The average molecular weight is 326 g/mol. The van der Waals surface area contributed by atoms with E-state index < -0.39 is 0 Å². The fraction of sp³-hybridized carbons (Fsp3) is 0. The van der Waals surface area contributed by atoms with Crippen LogP contribution in [0.3, 0.4) is 0 Å². The Kier molecular flexibility index (Phi) is 5.96. The first kappa shape index (κ1) is 17.1. The normalized spacial score (nSPS) is 10.9. The third-order valence-electron chi connectivity index (χ3n) is 2.91. The Morgan fingerprint density at radius 3 is 1.50 bits per heavy atom. The van der Waals surface area contributed by atoms with E-state index >= 15 is 0 Å². The number of halogens is 2. The summed E-state index contributed by atoms with van der Waals surface area (Å²) >= 11 is 0. The van der Waals surface area contributed by atoms with Crippen molar-refractivity contribution in [1.29, 1.82) is 0 Å². The number of hydrogen-bond donors (Lipinski definition) is 2. The molecule has 0 bridgehead atoms. The molecule has 0 aliphatic carbocycles. The molecule has 0 aromatic heterocycles. The van der Waals surface area contributed by atoms with Gasteiger partial charge in [-0.2, -0.15) is 0 Å². The number of nitrogens with two attached hydrogens (primary N) is 2. The zero-order chi connectivity index (χ0) is 17.4. The summed E-state index contributed by atoms with van der Waals surface area (Å²) in [5.41, 5.74) is 12.6. The van der Waals surface area contributed by atoms with Crippen LogP contribution in [-0.2, 0) is 0 Å². The lowest BCUT2D eigenvalue weighted by atomic mass is 10.1. The molecule has 0 radical (unpaired) electrons. The molecule has 122 valence electrons. The molecule has 24 heavy (non-hydrogen) atoms. The van der Waals surface area contributed by atoms with Gasteiger partial charge >= 0.3 is 0 Å². The highest BCUT2D eigenvalue weighted by Crippen LogP contribution is 2.07. The molecule has 4 nitrogen and oxygen atoms in total. The quantitative estimate of drug-likeness (QED) is 0.502. The molecular weight excluding hydrogens is 310 g/mol. The van der Waals surface area contributed by atoms with E-state index in [0.29, 0.717) is 5.71 Å². The van der Waals surface area contributed by atoms with E-state index in [1.54, 1.807) is 48.6 Å². The van der Waals surface area contributed by atoms with Gasteiger partial charge in [0.2, 0.25) is 5.96 Å². The largest absolute Gasteiger partial charge is 0.369 e. The van der Waals surface area contributed by atoms with E-state index in [1.165, 1.54) is 24.3 Å². The van der Waals surface area contributed by atoms with Crippen molar-refractivity contribution in [1.82, 2.24) is 0 Å². The van der Waals surface area contributed by atoms with Gasteiger partial charge in [-0.3, -0.25) is 0 Å². The first-order chi connectivity index (χ1) is 11.5. The van der Waals surface area contributed by atoms with Crippen molar-refractivity contribution in [2.75, 3.05) is 0 Å². The van der Waals surface area contributed by atoms with E-state index in [0.717, 1.165) is 11.1 Å². The summed E-state index contributed by atoms with van der Waals surface area (Å²) in [4.78, 5) is 0. The van der Waals surface area contributed by atoms with Crippen LogP contribution in [0.4, 0.5) is 8.78 Å². The molecule has 0 aliphatic heterocycles. The summed E-state index contributed by atoms with van der Waals surface area (Å²) in [6.45, 7) is 0. The Hall–Kier alpha value is -3.28. The number of hydrogen-bond acceptors (Lipinski definition) is 2. The minimum atomic E-state index is -0.308. The zero-order valence-corrected chi connectivity index (χ0v) is 12.7. The van der Waals surface area contributed by atoms with E-state index in [1.807, 2.05) is 0 Å². The second-order valence-electron chi connectivity index (χ2n) is 4.82. The number of rotatable bonds is 5. The number of guanidine groups is 1.